The minimum atomic E-state index is -0.328. The predicted molar refractivity (Wildman–Crippen MR) is 73.1 cm³/mol. The third-order valence-corrected chi connectivity index (χ3v) is 4.09. The summed E-state index contributed by atoms with van der Waals surface area (Å²) in [5.74, 6) is 1.10. The summed E-state index contributed by atoms with van der Waals surface area (Å²) in [5, 5.41) is 3.49. The Morgan fingerprint density at radius 3 is 2.79 bits per heavy atom. The number of hydrogen-bond donors (Lipinski definition) is 1. The van der Waals surface area contributed by atoms with Gasteiger partial charge in [0.25, 0.3) is 0 Å². The van der Waals surface area contributed by atoms with Crippen LogP contribution < -0.4 is 10.1 Å². The Morgan fingerprint density at radius 2 is 2.11 bits per heavy atom. The molecule has 2 unspecified atom stereocenters. The van der Waals surface area contributed by atoms with Gasteiger partial charge in [-0.2, -0.15) is 0 Å². The summed E-state index contributed by atoms with van der Waals surface area (Å²) in [5.41, 5.74) is 0.820. The predicted octanol–water partition coefficient (Wildman–Crippen LogP) is 1.72. The average Bonchev–Trinajstić information content (AvgIpc) is 2.81. The van der Waals surface area contributed by atoms with Crippen LogP contribution in [-0.2, 0) is 4.79 Å². The van der Waals surface area contributed by atoms with Gasteiger partial charge in [-0.3, -0.25) is 10.1 Å². The third-order valence-electron chi connectivity index (χ3n) is 4.09. The third kappa shape index (κ3) is 2.00. The van der Waals surface area contributed by atoms with Crippen LogP contribution in [0.3, 0.4) is 0 Å². The van der Waals surface area contributed by atoms with E-state index in [9.17, 15) is 4.79 Å². The van der Waals surface area contributed by atoms with E-state index in [0.29, 0.717) is 0 Å². The SMILES string of the molecule is CN1CCC(NC2c3ccccc3OC2(C)C)C1=O. The molecule has 0 aromatic heterocycles. The minimum absolute atomic E-state index is 0.0594. The van der Waals surface area contributed by atoms with Crippen molar-refractivity contribution in [3.63, 3.8) is 0 Å². The van der Waals surface area contributed by atoms with Crippen molar-refractivity contribution in [2.24, 2.45) is 0 Å². The number of fused-ring (bicyclic) bond motifs is 1. The molecule has 0 radical (unpaired) electrons. The summed E-state index contributed by atoms with van der Waals surface area (Å²) >= 11 is 0. The molecule has 1 saturated heterocycles. The summed E-state index contributed by atoms with van der Waals surface area (Å²) in [7, 11) is 1.86. The van der Waals surface area contributed by atoms with Gasteiger partial charge in [-0.05, 0) is 26.3 Å². The van der Waals surface area contributed by atoms with Gasteiger partial charge < -0.3 is 9.64 Å². The highest BCUT2D eigenvalue weighted by Gasteiger charge is 2.43. The lowest BCUT2D eigenvalue weighted by atomic mass is 9.93. The molecule has 0 saturated carbocycles. The van der Waals surface area contributed by atoms with Crippen molar-refractivity contribution in [2.45, 2.75) is 38.0 Å². The topological polar surface area (TPSA) is 41.6 Å². The number of rotatable bonds is 2. The van der Waals surface area contributed by atoms with Crippen LogP contribution in [-0.4, -0.2) is 36.0 Å². The Bertz CT molecular complexity index is 513. The van der Waals surface area contributed by atoms with E-state index in [1.165, 1.54) is 0 Å². The molecule has 2 heterocycles. The molecule has 3 rings (SSSR count). The Hall–Kier alpha value is -1.55. The quantitative estimate of drug-likeness (QED) is 0.880. The first-order valence-corrected chi connectivity index (χ1v) is 6.78. The molecule has 1 aromatic rings. The normalized spacial score (nSPS) is 28.4. The number of likely N-dealkylation sites (N-methyl/N-ethyl adjacent to an activating group) is 1. The Balaban J connectivity index is 1.86. The molecule has 102 valence electrons. The molecule has 19 heavy (non-hydrogen) atoms. The molecule has 4 nitrogen and oxygen atoms in total. The summed E-state index contributed by atoms with van der Waals surface area (Å²) in [6.07, 6.45) is 0.865. The van der Waals surface area contributed by atoms with Crippen molar-refractivity contribution in [1.82, 2.24) is 10.2 Å². The molecule has 2 atom stereocenters. The molecule has 1 amide bonds. The number of nitrogens with one attached hydrogen (secondary N) is 1. The maximum atomic E-state index is 12.0. The zero-order chi connectivity index (χ0) is 13.6. The van der Waals surface area contributed by atoms with Crippen molar-refractivity contribution in [3.8, 4) is 5.75 Å². The lowest BCUT2D eigenvalue weighted by molar-refractivity contribution is -0.128. The van der Waals surface area contributed by atoms with Gasteiger partial charge in [0.05, 0.1) is 12.1 Å². The van der Waals surface area contributed by atoms with Crippen LogP contribution in [0.4, 0.5) is 0 Å². The number of nitrogens with zero attached hydrogens (tertiary/aromatic N) is 1. The number of likely N-dealkylation sites (tertiary alicyclic amines) is 1. The maximum absolute atomic E-state index is 12.0. The average molecular weight is 260 g/mol. The smallest absolute Gasteiger partial charge is 0.239 e. The first-order valence-electron chi connectivity index (χ1n) is 6.78. The lowest BCUT2D eigenvalue weighted by Gasteiger charge is -2.29. The second-order valence-electron chi connectivity index (χ2n) is 5.94. The van der Waals surface area contributed by atoms with Crippen LogP contribution >= 0.6 is 0 Å². The number of para-hydroxylation sites is 1. The zero-order valence-corrected chi connectivity index (χ0v) is 11.6. The van der Waals surface area contributed by atoms with E-state index >= 15 is 0 Å². The fourth-order valence-corrected chi connectivity index (χ4v) is 3.00. The standard InChI is InChI=1S/C15H20N2O2/c1-15(2)13(10-6-4-5-7-12(10)19-15)16-11-8-9-17(3)14(11)18/h4-7,11,13,16H,8-9H2,1-3H3. The van der Waals surface area contributed by atoms with E-state index in [-0.39, 0.29) is 23.6 Å². The number of carbonyl (C=O) groups excluding carboxylic acids is 1. The zero-order valence-electron chi connectivity index (χ0n) is 11.6. The highest BCUT2D eigenvalue weighted by Crippen LogP contribution is 2.43. The van der Waals surface area contributed by atoms with Gasteiger partial charge in [0.2, 0.25) is 5.91 Å². The Morgan fingerprint density at radius 1 is 1.37 bits per heavy atom. The largest absolute Gasteiger partial charge is 0.486 e. The van der Waals surface area contributed by atoms with Crippen LogP contribution in [0.25, 0.3) is 0 Å². The van der Waals surface area contributed by atoms with Gasteiger partial charge >= 0.3 is 0 Å². The molecule has 0 bridgehead atoms. The van der Waals surface area contributed by atoms with Crippen LogP contribution in [0.5, 0.6) is 5.75 Å². The second kappa shape index (κ2) is 4.23. The summed E-state index contributed by atoms with van der Waals surface area (Å²) < 4.78 is 5.99. The van der Waals surface area contributed by atoms with Gasteiger partial charge in [0, 0.05) is 19.2 Å². The van der Waals surface area contributed by atoms with Crippen molar-refractivity contribution >= 4 is 5.91 Å². The first kappa shape index (κ1) is 12.5. The minimum Gasteiger partial charge on any atom is -0.486 e. The van der Waals surface area contributed by atoms with Crippen molar-refractivity contribution in [2.75, 3.05) is 13.6 Å². The van der Waals surface area contributed by atoms with E-state index in [2.05, 4.69) is 25.2 Å². The maximum Gasteiger partial charge on any atom is 0.239 e. The molecule has 4 heteroatoms. The van der Waals surface area contributed by atoms with E-state index in [0.717, 1.165) is 24.3 Å². The fourth-order valence-electron chi connectivity index (χ4n) is 3.00. The molecule has 1 aromatic carbocycles. The second-order valence-corrected chi connectivity index (χ2v) is 5.94. The number of benzene rings is 1. The number of ether oxygens (including phenoxy) is 1. The van der Waals surface area contributed by atoms with Gasteiger partial charge in [0.1, 0.15) is 11.4 Å². The van der Waals surface area contributed by atoms with Crippen LogP contribution in [0.1, 0.15) is 31.9 Å². The monoisotopic (exact) mass is 260 g/mol. The molecular weight excluding hydrogens is 240 g/mol. The molecule has 1 N–H and O–H groups in total. The summed E-state index contributed by atoms with van der Waals surface area (Å²) in [6.45, 7) is 4.95. The highest BCUT2D eigenvalue weighted by atomic mass is 16.5. The summed E-state index contributed by atoms with van der Waals surface area (Å²) in [4.78, 5) is 13.8. The Kier molecular flexibility index (Phi) is 2.78. The molecular formula is C15H20N2O2. The molecule has 1 fully saturated rings. The van der Waals surface area contributed by atoms with Gasteiger partial charge in [-0.15, -0.1) is 0 Å². The molecule has 0 aliphatic carbocycles. The van der Waals surface area contributed by atoms with E-state index in [1.807, 2.05) is 25.2 Å². The van der Waals surface area contributed by atoms with Crippen molar-refractivity contribution in [1.29, 1.82) is 0 Å². The number of hydrogen-bond acceptors (Lipinski definition) is 3. The molecule has 0 spiro atoms. The van der Waals surface area contributed by atoms with Crippen molar-refractivity contribution in [3.05, 3.63) is 29.8 Å². The van der Waals surface area contributed by atoms with Gasteiger partial charge in [0.15, 0.2) is 0 Å². The van der Waals surface area contributed by atoms with Crippen LogP contribution in [0, 0.1) is 0 Å². The van der Waals surface area contributed by atoms with Crippen LogP contribution in [0.15, 0.2) is 24.3 Å². The van der Waals surface area contributed by atoms with E-state index < -0.39 is 0 Å². The lowest BCUT2D eigenvalue weighted by Crippen LogP contribution is -2.46. The fraction of sp³-hybridized carbons (Fsp3) is 0.533. The van der Waals surface area contributed by atoms with Crippen LogP contribution in [0.2, 0.25) is 0 Å². The molecule has 2 aliphatic rings. The first-order chi connectivity index (χ1) is 8.99. The highest BCUT2D eigenvalue weighted by molar-refractivity contribution is 5.83. The Labute approximate surface area is 113 Å². The van der Waals surface area contributed by atoms with E-state index in [1.54, 1.807) is 4.90 Å². The summed E-state index contributed by atoms with van der Waals surface area (Å²) in [6, 6.07) is 8.02. The number of carbonyl (C=O) groups is 1. The van der Waals surface area contributed by atoms with E-state index in [4.69, 9.17) is 4.74 Å². The van der Waals surface area contributed by atoms with Crippen molar-refractivity contribution < 1.29 is 9.53 Å². The van der Waals surface area contributed by atoms with Gasteiger partial charge in [-0.25, -0.2) is 0 Å². The van der Waals surface area contributed by atoms with Gasteiger partial charge in [-0.1, -0.05) is 18.2 Å². The number of amides is 1. The molecule has 2 aliphatic heterocycles.